The molecule has 6 rings (SSSR count). The van der Waals surface area contributed by atoms with E-state index in [2.05, 4.69) is 73.6 Å². The van der Waals surface area contributed by atoms with E-state index in [0.29, 0.717) is 5.92 Å². The number of aliphatic hydroxyl groups is 2. The first-order valence-electron chi connectivity index (χ1n) is 16.8. The van der Waals surface area contributed by atoms with Crippen molar-refractivity contribution in [2.75, 3.05) is 14.1 Å². The third kappa shape index (κ3) is 7.81. The SMILES string of the molecule is CC.CC.CC12CC=C3C=C4CC(O)CCC4CC[C@]3(O)C1CC=C2c1ccc2cnccc2c1.CCCC.CNC. The van der Waals surface area contributed by atoms with Crippen LogP contribution < -0.4 is 5.32 Å². The molecule has 4 aliphatic carbocycles. The minimum absolute atomic E-state index is 0.0630. The Morgan fingerprint density at radius 1 is 0.952 bits per heavy atom. The zero-order valence-corrected chi connectivity index (χ0v) is 28.1. The highest BCUT2D eigenvalue weighted by Crippen LogP contribution is 2.61. The zero-order valence-electron chi connectivity index (χ0n) is 28.1. The summed E-state index contributed by atoms with van der Waals surface area (Å²) in [7, 11) is 3.75. The maximum atomic E-state index is 12.1. The van der Waals surface area contributed by atoms with Gasteiger partial charge in [0.25, 0.3) is 0 Å². The van der Waals surface area contributed by atoms with Crippen LogP contribution in [0.15, 0.2) is 66.0 Å². The molecule has 4 unspecified atom stereocenters. The van der Waals surface area contributed by atoms with E-state index in [1.807, 2.05) is 54.2 Å². The molecule has 4 nitrogen and oxygen atoms in total. The first-order valence-corrected chi connectivity index (χ1v) is 16.8. The number of hydrogen-bond acceptors (Lipinski definition) is 4. The molecular weight excluding hydrogens is 516 g/mol. The van der Waals surface area contributed by atoms with Gasteiger partial charge in [-0.1, -0.05) is 97.2 Å². The lowest BCUT2D eigenvalue weighted by Crippen LogP contribution is -2.48. The molecule has 42 heavy (non-hydrogen) atoms. The number of nitrogens with zero attached hydrogens (tertiary/aromatic N) is 1. The molecule has 1 aromatic heterocycles. The normalized spacial score (nSPS) is 28.8. The van der Waals surface area contributed by atoms with E-state index in [0.717, 1.165) is 55.9 Å². The van der Waals surface area contributed by atoms with Crippen LogP contribution in [0.2, 0.25) is 0 Å². The van der Waals surface area contributed by atoms with Gasteiger partial charge in [0, 0.05) is 29.1 Å². The van der Waals surface area contributed by atoms with Gasteiger partial charge in [-0.3, -0.25) is 4.98 Å². The van der Waals surface area contributed by atoms with Gasteiger partial charge < -0.3 is 15.5 Å². The molecule has 234 valence electrons. The summed E-state index contributed by atoms with van der Waals surface area (Å²) < 4.78 is 0. The Bertz CT molecular complexity index is 1200. The van der Waals surface area contributed by atoms with E-state index < -0.39 is 5.60 Å². The Labute approximate surface area is 257 Å². The zero-order chi connectivity index (χ0) is 31.3. The molecule has 1 aromatic carbocycles. The van der Waals surface area contributed by atoms with Crippen molar-refractivity contribution >= 4 is 16.3 Å². The number of pyridine rings is 1. The van der Waals surface area contributed by atoms with Gasteiger partial charge in [0.1, 0.15) is 0 Å². The number of benzene rings is 1. The van der Waals surface area contributed by atoms with Crippen LogP contribution in [0.5, 0.6) is 0 Å². The van der Waals surface area contributed by atoms with Crippen molar-refractivity contribution in [2.24, 2.45) is 17.3 Å². The van der Waals surface area contributed by atoms with Crippen molar-refractivity contribution in [3.63, 3.8) is 0 Å². The number of hydrogen-bond donors (Lipinski definition) is 3. The lowest BCUT2D eigenvalue weighted by molar-refractivity contribution is -0.0330. The summed E-state index contributed by atoms with van der Waals surface area (Å²) in [6.45, 7) is 14.7. The van der Waals surface area contributed by atoms with E-state index in [4.69, 9.17) is 0 Å². The fraction of sp³-hybridized carbons (Fsp3) is 0.605. The molecule has 0 spiro atoms. The number of aliphatic hydroxyl groups excluding tert-OH is 1. The van der Waals surface area contributed by atoms with Gasteiger partial charge in [-0.15, -0.1) is 0 Å². The van der Waals surface area contributed by atoms with Crippen LogP contribution in [-0.2, 0) is 0 Å². The monoisotopic (exact) mass is 576 g/mol. The first kappa shape index (κ1) is 35.9. The largest absolute Gasteiger partial charge is 0.393 e. The number of nitrogens with one attached hydrogen (secondary N) is 1. The number of allylic oxidation sites excluding steroid dienone is 3. The average molecular weight is 577 g/mol. The van der Waals surface area contributed by atoms with Crippen molar-refractivity contribution in [1.82, 2.24) is 10.3 Å². The van der Waals surface area contributed by atoms with Crippen molar-refractivity contribution in [1.29, 1.82) is 0 Å². The van der Waals surface area contributed by atoms with E-state index in [1.54, 1.807) is 0 Å². The van der Waals surface area contributed by atoms with Crippen LogP contribution in [0.25, 0.3) is 16.3 Å². The van der Waals surface area contributed by atoms with Crippen LogP contribution in [0, 0.1) is 17.3 Å². The minimum Gasteiger partial charge on any atom is -0.393 e. The number of fused-ring (bicyclic) bond motifs is 5. The van der Waals surface area contributed by atoms with Gasteiger partial charge in [-0.05, 0) is 99.2 Å². The summed E-state index contributed by atoms with van der Waals surface area (Å²) >= 11 is 0. The summed E-state index contributed by atoms with van der Waals surface area (Å²) in [4.78, 5) is 4.24. The molecule has 0 bridgehead atoms. The Hall–Kier alpha value is -2.27. The molecular formula is C38H60N2O2. The van der Waals surface area contributed by atoms with Crippen molar-refractivity contribution in [3.8, 4) is 0 Å². The molecule has 4 heteroatoms. The molecule has 0 amide bonds. The Kier molecular flexibility index (Phi) is 14.7. The predicted molar refractivity (Wildman–Crippen MR) is 183 cm³/mol. The standard InChI is InChI=1S/C28H31NO2.C4H10.C2H7N.2C2H6/c1-27-11-9-23-15-22-16-24(30)5-4-18(22)8-12-28(23,31)26(27)7-6-25(27)20-2-3-21-17-29-13-10-19(21)14-20;1-3-4-2;1-3-2;2*1-2/h2-3,6,9-10,13-15,17-18,24,26,30-31H,4-5,7-8,11-12,16H2,1H3;3-4H2,1-2H3;3H,1-2H3;2*1-2H3/t18?,24?,26?,27?,28-;;;;/m1..../s1. The lowest BCUT2D eigenvalue weighted by atomic mass is 9.58. The molecule has 3 N–H and O–H groups in total. The molecule has 0 aliphatic heterocycles. The molecule has 4 aliphatic rings. The molecule has 5 atom stereocenters. The van der Waals surface area contributed by atoms with Crippen LogP contribution in [-0.4, -0.2) is 41.0 Å². The summed E-state index contributed by atoms with van der Waals surface area (Å²) in [5.41, 5.74) is 4.28. The smallest absolute Gasteiger partial charge is 0.0933 e. The highest BCUT2D eigenvalue weighted by molar-refractivity contribution is 5.87. The maximum absolute atomic E-state index is 12.1. The maximum Gasteiger partial charge on any atom is 0.0933 e. The lowest BCUT2D eigenvalue weighted by Gasteiger charge is -2.48. The van der Waals surface area contributed by atoms with Gasteiger partial charge in [-0.2, -0.15) is 0 Å². The fourth-order valence-corrected chi connectivity index (χ4v) is 7.01. The average Bonchev–Trinajstić information content (AvgIpc) is 3.31. The third-order valence-corrected chi connectivity index (χ3v) is 9.27. The molecule has 1 saturated carbocycles. The van der Waals surface area contributed by atoms with Crippen LogP contribution in [0.4, 0.5) is 0 Å². The van der Waals surface area contributed by atoms with Crippen LogP contribution in [0.3, 0.4) is 0 Å². The fourth-order valence-electron chi connectivity index (χ4n) is 7.01. The molecule has 1 fully saturated rings. The van der Waals surface area contributed by atoms with E-state index in [9.17, 15) is 10.2 Å². The van der Waals surface area contributed by atoms with Crippen LogP contribution >= 0.6 is 0 Å². The van der Waals surface area contributed by atoms with Crippen molar-refractivity contribution in [2.45, 2.75) is 118 Å². The summed E-state index contributed by atoms with van der Waals surface area (Å²) in [5, 5.41) is 27.5. The predicted octanol–water partition coefficient (Wildman–Crippen LogP) is 9.28. The first-order chi connectivity index (χ1) is 20.3. The quantitative estimate of drug-likeness (QED) is 0.333. The Balaban J connectivity index is 0.000000495. The summed E-state index contributed by atoms with van der Waals surface area (Å²) in [6, 6.07) is 8.75. The minimum atomic E-state index is -0.776. The second-order valence-corrected chi connectivity index (χ2v) is 11.9. The van der Waals surface area contributed by atoms with Gasteiger partial charge in [0.2, 0.25) is 0 Å². The number of unbranched alkanes of at least 4 members (excludes halogenated alkanes) is 1. The van der Waals surface area contributed by atoms with E-state index in [-0.39, 0.29) is 17.4 Å². The van der Waals surface area contributed by atoms with E-state index >= 15 is 0 Å². The van der Waals surface area contributed by atoms with Crippen LogP contribution in [0.1, 0.15) is 112 Å². The highest BCUT2D eigenvalue weighted by atomic mass is 16.3. The molecule has 2 aromatic rings. The van der Waals surface area contributed by atoms with Crippen molar-refractivity contribution < 1.29 is 10.2 Å². The van der Waals surface area contributed by atoms with Crippen molar-refractivity contribution in [3.05, 3.63) is 71.6 Å². The van der Waals surface area contributed by atoms with Gasteiger partial charge in [-0.25, -0.2) is 0 Å². The van der Waals surface area contributed by atoms with Gasteiger partial charge in [0.05, 0.1) is 11.7 Å². The highest BCUT2D eigenvalue weighted by Gasteiger charge is 2.55. The van der Waals surface area contributed by atoms with E-state index in [1.165, 1.54) is 34.9 Å². The molecule has 0 saturated heterocycles. The summed E-state index contributed by atoms with van der Waals surface area (Å²) in [6.07, 6.45) is 19.6. The second-order valence-electron chi connectivity index (χ2n) is 11.9. The second kappa shape index (κ2) is 17.1. The van der Waals surface area contributed by atoms with Gasteiger partial charge >= 0.3 is 0 Å². The van der Waals surface area contributed by atoms with Gasteiger partial charge in [0.15, 0.2) is 0 Å². The third-order valence-electron chi connectivity index (χ3n) is 9.27. The number of rotatable bonds is 2. The Morgan fingerprint density at radius 2 is 1.64 bits per heavy atom. The Morgan fingerprint density at radius 3 is 2.31 bits per heavy atom. The number of aromatic nitrogens is 1. The molecule has 0 radical (unpaired) electrons. The topological polar surface area (TPSA) is 65.4 Å². The summed E-state index contributed by atoms with van der Waals surface area (Å²) in [5.74, 6) is 0.721. The molecule has 1 heterocycles.